The maximum Gasteiger partial charge on any atom is 0.410 e. The molecule has 3 heterocycles. The van der Waals surface area contributed by atoms with Gasteiger partial charge in [0.15, 0.2) is 5.69 Å². The van der Waals surface area contributed by atoms with Gasteiger partial charge in [0.05, 0.1) is 6.54 Å². The van der Waals surface area contributed by atoms with Crippen LogP contribution in [0.4, 0.5) is 4.79 Å². The number of rotatable bonds is 4. The lowest BCUT2D eigenvalue weighted by molar-refractivity contribution is 0.00287. The highest BCUT2D eigenvalue weighted by Gasteiger charge is 2.48. The quantitative estimate of drug-likeness (QED) is 0.895. The predicted octanol–water partition coefficient (Wildman–Crippen LogP) is 2.51. The number of nitrogens with zero attached hydrogens (tertiary/aromatic N) is 3. The van der Waals surface area contributed by atoms with Gasteiger partial charge in [-0.05, 0) is 32.6 Å². The van der Waals surface area contributed by atoms with E-state index in [1.807, 2.05) is 9.80 Å². The van der Waals surface area contributed by atoms with Gasteiger partial charge in [0.1, 0.15) is 5.60 Å². The molecule has 0 bridgehead atoms. The Morgan fingerprint density at radius 2 is 2.12 bits per heavy atom. The number of aromatic nitrogens is 2. The van der Waals surface area contributed by atoms with Crippen LogP contribution in [0.25, 0.3) is 0 Å². The van der Waals surface area contributed by atoms with E-state index in [4.69, 9.17) is 4.74 Å². The molecule has 142 valence electrons. The summed E-state index contributed by atoms with van der Waals surface area (Å²) in [4.78, 5) is 28.9. The maximum absolute atomic E-state index is 12.9. The second-order valence-electron chi connectivity index (χ2n) is 7.99. The first kappa shape index (κ1) is 17.4. The van der Waals surface area contributed by atoms with Gasteiger partial charge in [0.25, 0.3) is 5.91 Å². The number of amides is 2. The lowest BCUT2D eigenvalue weighted by atomic mass is 9.90. The molecular formula is C19H28N4O3. The van der Waals surface area contributed by atoms with Crippen molar-refractivity contribution in [1.82, 2.24) is 20.0 Å². The van der Waals surface area contributed by atoms with Crippen molar-refractivity contribution in [3.05, 3.63) is 17.0 Å². The zero-order valence-corrected chi connectivity index (χ0v) is 15.7. The number of ether oxygens (including phenoxy) is 1. The number of likely N-dealkylation sites (tertiary alicyclic amines) is 1. The molecule has 26 heavy (non-hydrogen) atoms. The fraction of sp³-hybridized carbons (Fsp3) is 0.737. The van der Waals surface area contributed by atoms with Gasteiger partial charge in [0, 0.05) is 43.2 Å². The van der Waals surface area contributed by atoms with Crippen molar-refractivity contribution in [3.63, 3.8) is 0 Å². The Bertz CT molecular complexity index is 706. The predicted molar refractivity (Wildman–Crippen MR) is 96.0 cm³/mol. The Hall–Kier alpha value is -2.05. The van der Waals surface area contributed by atoms with Crippen LogP contribution in [0.5, 0.6) is 0 Å². The number of nitrogens with one attached hydrogen (secondary N) is 1. The van der Waals surface area contributed by atoms with Crippen molar-refractivity contribution >= 4 is 12.0 Å². The van der Waals surface area contributed by atoms with Gasteiger partial charge < -0.3 is 14.5 Å². The Morgan fingerprint density at radius 1 is 1.35 bits per heavy atom. The van der Waals surface area contributed by atoms with E-state index in [-0.39, 0.29) is 18.0 Å². The van der Waals surface area contributed by atoms with Gasteiger partial charge in [-0.3, -0.25) is 9.89 Å². The molecule has 1 aromatic heterocycles. The topological polar surface area (TPSA) is 78.5 Å². The minimum atomic E-state index is -0.427. The highest BCUT2D eigenvalue weighted by Crippen LogP contribution is 2.35. The van der Waals surface area contributed by atoms with Gasteiger partial charge in [-0.2, -0.15) is 5.10 Å². The van der Waals surface area contributed by atoms with E-state index in [0.29, 0.717) is 38.2 Å². The summed E-state index contributed by atoms with van der Waals surface area (Å²) in [6.45, 7) is 6.09. The molecular weight excluding hydrogens is 332 g/mol. The number of fused-ring (bicyclic) bond motifs is 1. The van der Waals surface area contributed by atoms with Crippen LogP contribution < -0.4 is 0 Å². The monoisotopic (exact) mass is 360 g/mol. The number of carbonyl (C=O) groups is 2. The first-order chi connectivity index (χ1) is 12.5. The molecule has 1 N–H and O–H groups in total. The zero-order chi connectivity index (χ0) is 18.3. The molecule has 0 radical (unpaired) electrons. The lowest BCUT2D eigenvalue weighted by Gasteiger charge is -2.37. The van der Waals surface area contributed by atoms with Crippen LogP contribution in [0, 0.1) is 0 Å². The average molecular weight is 360 g/mol. The molecule has 0 aromatic carbocycles. The highest BCUT2D eigenvalue weighted by atomic mass is 16.6. The average Bonchev–Trinajstić information content (AvgIpc) is 3.30. The first-order valence-electron chi connectivity index (χ1n) is 9.88. The number of aromatic amines is 1. The van der Waals surface area contributed by atoms with Crippen LogP contribution >= 0.6 is 0 Å². The molecule has 4 rings (SSSR count). The molecule has 0 saturated carbocycles. The normalized spacial score (nSPS) is 22.6. The maximum atomic E-state index is 12.9. The molecule has 3 aliphatic rings. The standard InChI is InChI=1S/C19H28N4O3/c1-3-5-13(2)23-12-19(26-18(23)25)8-10-22(11-9-19)17(24)16-14-6-4-7-15(14)20-21-16/h13H,3-12H2,1-2H3,(H,20,21)/t13-/m0/s1. The van der Waals surface area contributed by atoms with Gasteiger partial charge in [-0.15, -0.1) is 0 Å². The Labute approximate surface area is 154 Å². The summed E-state index contributed by atoms with van der Waals surface area (Å²) in [6, 6.07) is 0.207. The van der Waals surface area contributed by atoms with Gasteiger partial charge >= 0.3 is 6.09 Å². The van der Waals surface area contributed by atoms with Crippen molar-refractivity contribution in [2.24, 2.45) is 0 Å². The van der Waals surface area contributed by atoms with Crippen LogP contribution in [-0.2, 0) is 17.6 Å². The van der Waals surface area contributed by atoms with E-state index >= 15 is 0 Å². The van der Waals surface area contributed by atoms with Crippen LogP contribution in [0.15, 0.2) is 0 Å². The second-order valence-corrected chi connectivity index (χ2v) is 7.99. The second kappa shape index (κ2) is 6.59. The Balaban J connectivity index is 1.40. The number of hydrogen-bond acceptors (Lipinski definition) is 4. The molecule has 7 nitrogen and oxygen atoms in total. The summed E-state index contributed by atoms with van der Waals surface area (Å²) in [5, 5.41) is 7.28. The molecule has 2 aliphatic heterocycles. The summed E-state index contributed by atoms with van der Waals surface area (Å²) < 4.78 is 5.79. The van der Waals surface area contributed by atoms with E-state index in [1.54, 1.807) is 0 Å². The zero-order valence-electron chi connectivity index (χ0n) is 15.7. The molecule has 1 spiro atoms. The molecule has 0 unspecified atom stereocenters. The van der Waals surface area contributed by atoms with E-state index in [1.165, 1.54) is 0 Å². The smallest absolute Gasteiger partial charge is 0.410 e. The van der Waals surface area contributed by atoms with Gasteiger partial charge in [0.2, 0.25) is 0 Å². The minimum Gasteiger partial charge on any atom is -0.441 e. The summed E-state index contributed by atoms with van der Waals surface area (Å²) in [7, 11) is 0. The van der Waals surface area contributed by atoms with Gasteiger partial charge in [-0.1, -0.05) is 13.3 Å². The van der Waals surface area contributed by atoms with Crippen LogP contribution in [0.3, 0.4) is 0 Å². The summed E-state index contributed by atoms with van der Waals surface area (Å²) in [5.41, 5.74) is 2.38. The molecule has 7 heteroatoms. The molecule has 2 saturated heterocycles. The molecule has 2 fully saturated rings. The third-order valence-electron chi connectivity index (χ3n) is 6.21. The molecule has 1 aromatic rings. The fourth-order valence-electron chi connectivity index (χ4n) is 4.58. The SMILES string of the molecule is CCC[C@H](C)N1CC2(CCN(C(=O)c3n[nH]c4c3CCC4)CC2)OC1=O. The van der Waals surface area contributed by atoms with Crippen molar-refractivity contribution < 1.29 is 14.3 Å². The lowest BCUT2D eigenvalue weighted by Crippen LogP contribution is -2.49. The van der Waals surface area contributed by atoms with Crippen molar-refractivity contribution in [2.45, 2.75) is 70.4 Å². The van der Waals surface area contributed by atoms with Gasteiger partial charge in [-0.25, -0.2) is 4.79 Å². The molecule has 2 amide bonds. The van der Waals surface area contributed by atoms with Crippen molar-refractivity contribution in [3.8, 4) is 0 Å². The van der Waals surface area contributed by atoms with Crippen molar-refractivity contribution in [2.75, 3.05) is 19.6 Å². The first-order valence-corrected chi connectivity index (χ1v) is 9.88. The summed E-state index contributed by atoms with van der Waals surface area (Å²) in [5.74, 6) is 0.0137. The van der Waals surface area contributed by atoms with Crippen LogP contribution in [-0.4, -0.2) is 63.3 Å². The van der Waals surface area contributed by atoms with E-state index in [9.17, 15) is 9.59 Å². The largest absolute Gasteiger partial charge is 0.441 e. The third kappa shape index (κ3) is 2.87. The summed E-state index contributed by atoms with van der Waals surface area (Å²) in [6.07, 6.45) is 6.26. The van der Waals surface area contributed by atoms with Crippen LogP contribution in [0.1, 0.15) is 67.7 Å². The number of hydrogen-bond donors (Lipinski definition) is 1. The van der Waals surface area contributed by atoms with E-state index in [2.05, 4.69) is 24.0 Å². The number of H-pyrrole nitrogens is 1. The van der Waals surface area contributed by atoms with E-state index < -0.39 is 5.60 Å². The summed E-state index contributed by atoms with van der Waals surface area (Å²) >= 11 is 0. The van der Waals surface area contributed by atoms with Crippen LogP contribution in [0.2, 0.25) is 0 Å². The Kier molecular flexibility index (Phi) is 4.40. The van der Waals surface area contributed by atoms with E-state index in [0.717, 1.165) is 43.4 Å². The molecule has 1 atom stereocenters. The number of aryl methyl sites for hydroxylation is 1. The van der Waals surface area contributed by atoms with Crippen molar-refractivity contribution in [1.29, 1.82) is 0 Å². The number of carbonyl (C=O) groups excluding carboxylic acids is 2. The minimum absolute atomic E-state index is 0.0137. The third-order valence-corrected chi connectivity index (χ3v) is 6.21. The number of piperidine rings is 1. The molecule has 1 aliphatic carbocycles. The fourth-order valence-corrected chi connectivity index (χ4v) is 4.58. The highest BCUT2D eigenvalue weighted by molar-refractivity contribution is 5.94. The Morgan fingerprint density at radius 3 is 2.85 bits per heavy atom.